The average Bonchev–Trinajstić information content (AvgIpc) is 3.30. The largest absolute Gasteiger partial charge is 0.485 e. The number of benzene rings is 2. The summed E-state index contributed by atoms with van der Waals surface area (Å²) in [6.45, 7) is 1.66. The Hall–Kier alpha value is -3.61. The monoisotopic (exact) mass is 723 g/mol. The number of aliphatic hydroxyl groups is 1. The van der Waals surface area contributed by atoms with Crippen LogP contribution >= 0.6 is 51.5 Å². The molecule has 44 heavy (non-hydrogen) atoms. The van der Waals surface area contributed by atoms with Gasteiger partial charge in [0.1, 0.15) is 11.2 Å². The summed E-state index contributed by atoms with van der Waals surface area (Å²) >= 11 is 16.6. The number of ether oxygens (including phenoxy) is 1. The zero-order valence-electron chi connectivity index (χ0n) is 23.6. The fourth-order valence-electron chi connectivity index (χ4n) is 4.03. The zero-order chi connectivity index (χ0) is 31.1. The first kappa shape index (κ1) is 34.9. The van der Waals surface area contributed by atoms with Crippen molar-refractivity contribution in [3.05, 3.63) is 97.8 Å². The van der Waals surface area contributed by atoms with Gasteiger partial charge < -0.3 is 25.4 Å². The van der Waals surface area contributed by atoms with Crippen LogP contribution in [0.2, 0.25) is 10.0 Å². The number of carbonyl (C=O) groups is 3. The topological polar surface area (TPSA) is 125 Å². The summed E-state index contributed by atoms with van der Waals surface area (Å²) in [4.78, 5) is 43.0. The maximum Gasteiger partial charge on any atom is 0.251 e. The van der Waals surface area contributed by atoms with Gasteiger partial charge in [-0.2, -0.15) is 0 Å². The number of likely N-dealkylation sites (N-methyl/N-ethyl adjacent to an activating group) is 1. The van der Waals surface area contributed by atoms with E-state index in [4.69, 9.17) is 33.0 Å². The molecule has 2 heterocycles. The molecule has 4 rings (SSSR count). The molecule has 4 aromatic rings. The molecule has 0 unspecified atom stereocenters. The normalized spacial score (nSPS) is 10.9. The van der Waals surface area contributed by atoms with Crippen molar-refractivity contribution in [2.24, 2.45) is 0 Å². The van der Waals surface area contributed by atoms with Gasteiger partial charge in [0.2, 0.25) is 11.8 Å². The number of amides is 3. The Bertz CT molecular complexity index is 1690. The summed E-state index contributed by atoms with van der Waals surface area (Å²) < 4.78 is 8.72. The summed E-state index contributed by atoms with van der Waals surface area (Å²) in [6.07, 6.45) is 4.72. The molecule has 0 spiro atoms. The fourth-order valence-corrected chi connectivity index (χ4v) is 5.01. The van der Waals surface area contributed by atoms with E-state index in [1.54, 1.807) is 55.6 Å². The number of aromatic nitrogens is 2. The summed E-state index contributed by atoms with van der Waals surface area (Å²) in [6, 6.07) is 13.4. The van der Waals surface area contributed by atoms with Crippen LogP contribution in [0.4, 0.5) is 5.69 Å². The molecule has 14 heteroatoms. The average molecular weight is 726 g/mol. The fraction of sp³-hybridized carbons (Fsp3) is 0.200. The zero-order valence-corrected chi connectivity index (χ0v) is 27.6. The van der Waals surface area contributed by atoms with Crippen molar-refractivity contribution in [2.75, 3.05) is 31.6 Å². The standard InChI is InChI=1S/C30H28BrCl2N5O5.ClH/c1-18-28(31)38-14-3-4-24(29(38)36-18)43-17-21-22(32)10-11-23(27(21)33)37(2)26(41)16-35-25(40)12-7-19-5-8-20(9-6-19)30(42)34-13-15-39;/h3-12,14,39H,13,15-17H2,1-2H3,(H,34,42)(H,35,40);1H. The molecule has 3 amide bonds. The second kappa shape index (κ2) is 15.9. The second-order valence-corrected chi connectivity index (χ2v) is 10.8. The minimum absolute atomic E-state index is 0. The Morgan fingerprint density at radius 1 is 1.11 bits per heavy atom. The molecule has 2 aromatic heterocycles. The lowest BCUT2D eigenvalue weighted by Crippen LogP contribution is -2.37. The molecular formula is C30H29BrCl3N5O5. The Labute approximate surface area is 278 Å². The van der Waals surface area contributed by atoms with Crippen LogP contribution in [0.5, 0.6) is 5.75 Å². The molecular weight excluding hydrogens is 697 g/mol. The number of carbonyl (C=O) groups excluding carboxylic acids is 3. The molecule has 0 saturated heterocycles. The van der Waals surface area contributed by atoms with E-state index in [0.717, 1.165) is 10.3 Å². The third kappa shape index (κ3) is 8.30. The number of fused-ring (bicyclic) bond motifs is 1. The Morgan fingerprint density at radius 3 is 2.55 bits per heavy atom. The summed E-state index contributed by atoms with van der Waals surface area (Å²) in [7, 11) is 1.55. The molecule has 0 bridgehead atoms. The third-order valence-corrected chi connectivity index (χ3v) is 8.13. The quantitative estimate of drug-likeness (QED) is 0.182. The van der Waals surface area contributed by atoms with Crippen LogP contribution in [0.25, 0.3) is 11.7 Å². The molecule has 0 aliphatic carbocycles. The lowest BCUT2D eigenvalue weighted by molar-refractivity contribution is -0.122. The molecule has 0 saturated carbocycles. The highest BCUT2D eigenvalue weighted by Crippen LogP contribution is 2.35. The first-order valence-electron chi connectivity index (χ1n) is 13.0. The van der Waals surface area contributed by atoms with Crippen LogP contribution < -0.4 is 20.3 Å². The van der Waals surface area contributed by atoms with Gasteiger partial charge in [-0.3, -0.25) is 18.8 Å². The lowest BCUT2D eigenvalue weighted by Gasteiger charge is -2.21. The van der Waals surface area contributed by atoms with Crippen molar-refractivity contribution >= 4 is 86.7 Å². The second-order valence-electron chi connectivity index (χ2n) is 9.31. The van der Waals surface area contributed by atoms with E-state index in [-0.39, 0.29) is 49.6 Å². The van der Waals surface area contributed by atoms with Gasteiger partial charge in [-0.1, -0.05) is 35.3 Å². The van der Waals surface area contributed by atoms with Gasteiger partial charge in [0, 0.05) is 42.0 Å². The summed E-state index contributed by atoms with van der Waals surface area (Å²) in [5, 5.41) is 14.6. The number of hydrogen-bond donors (Lipinski definition) is 3. The lowest BCUT2D eigenvalue weighted by atomic mass is 10.1. The van der Waals surface area contributed by atoms with Crippen LogP contribution in [-0.4, -0.2) is 59.0 Å². The van der Waals surface area contributed by atoms with Crippen LogP contribution in [0, 0.1) is 6.92 Å². The van der Waals surface area contributed by atoms with Crippen molar-refractivity contribution in [3.63, 3.8) is 0 Å². The van der Waals surface area contributed by atoms with E-state index in [9.17, 15) is 14.4 Å². The number of imidazole rings is 1. The van der Waals surface area contributed by atoms with Gasteiger partial charge in [-0.05, 0) is 70.9 Å². The number of pyridine rings is 1. The number of rotatable bonds is 11. The van der Waals surface area contributed by atoms with Crippen molar-refractivity contribution < 1.29 is 24.2 Å². The van der Waals surface area contributed by atoms with Gasteiger partial charge in [0.05, 0.1) is 29.6 Å². The number of anilines is 1. The predicted molar refractivity (Wildman–Crippen MR) is 177 cm³/mol. The van der Waals surface area contributed by atoms with E-state index >= 15 is 0 Å². The van der Waals surface area contributed by atoms with E-state index in [1.807, 2.05) is 23.6 Å². The number of aliphatic hydroxyl groups excluding tert-OH is 1. The molecule has 2 aromatic carbocycles. The summed E-state index contributed by atoms with van der Waals surface area (Å²) in [5.74, 6) is -0.647. The van der Waals surface area contributed by atoms with Gasteiger partial charge in [-0.25, -0.2) is 4.98 Å². The maximum atomic E-state index is 12.9. The smallest absolute Gasteiger partial charge is 0.251 e. The maximum absolute atomic E-state index is 12.9. The van der Waals surface area contributed by atoms with E-state index in [0.29, 0.717) is 38.8 Å². The Kier molecular flexibility index (Phi) is 12.6. The van der Waals surface area contributed by atoms with Crippen LogP contribution in [0.3, 0.4) is 0 Å². The molecule has 0 fully saturated rings. The number of nitrogens with zero attached hydrogens (tertiary/aromatic N) is 3. The van der Waals surface area contributed by atoms with E-state index in [2.05, 4.69) is 31.5 Å². The number of hydrogen-bond acceptors (Lipinski definition) is 6. The first-order chi connectivity index (χ1) is 20.6. The van der Waals surface area contributed by atoms with Crippen molar-refractivity contribution in [1.82, 2.24) is 20.0 Å². The van der Waals surface area contributed by atoms with Crippen LogP contribution in [0.15, 0.2) is 65.4 Å². The van der Waals surface area contributed by atoms with E-state index < -0.39 is 11.8 Å². The first-order valence-corrected chi connectivity index (χ1v) is 14.6. The minimum Gasteiger partial charge on any atom is -0.485 e. The highest BCUT2D eigenvalue weighted by molar-refractivity contribution is 9.10. The molecule has 0 aliphatic heterocycles. The van der Waals surface area contributed by atoms with E-state index in [1.165, 1.54) is 11.0 Å². The Balaban J connectivity index is 0.00000529. The van der Waals surface area contributed by atoms with Gasteiger partial charge in [0.25, 0.3) is 5.91 Å². The van der Waals surface area contributed by atoms with Crippen LogP contribution in [0.1, 0.15) is 27.2 Å². The highest BCUT2D eigenvalue weighted by atomic mass is 79.9. The minimum atomic E-state index is -0.474. The van der Waals surface area contributed by atoms with Crippen LogP contribution in [-0.2, 0) is 16.2 Å². The van der Waals surface area contributed by atoms with Crippen molar-refractivity contribution in [3.8, 4) is 5.75 Å². The molecule has 0 radical (unpaired) electrons. The molecule has 0 aliphatic rings. The SMILES string of the molecule is Cc1nc2c(OCc3c(Cl)ccc(N(C)C(=O)CNC(=O)C=Cc4ccc(C(=O)NCCO)cc4)c3Cl)cccn2c1Br.Cl. The summed E-state index contributed by atoms with van der Waals surface area (Å²) in [5.41, 5.74) is 3.46. The molecule has 232 valence electrons. The molecule has 3 N–H and O–H groups in total. The van der Waals surface area contributed by atoms with Gasteiger partial charge in [-0.15, -0.1) is 12.4 Å². The molecule has 0 atom stereocenters. The van der Waals surface area contributed by atoms with Gasteiger partial charge >= 0.3 is 0 Å². The third-order valence-electron chi connectivity index (χ3n) is 6.40. The van der Waals surface area contributed by atoms with Crippen molar-refractivity contribution in [1.29, 1.82) is 0 Å². The molecule has 10 nitrogen and oxygen atoms in total. The predicted octanol–water partition coefficient (Wildman–Crippen LogP) is 5.23. The Morgan fingerprint density at radius 2 is 1.84 bits per heavy atom. The van der Waals surface area contributed by atoms with Crippen molar-refractivity contribution in [2.45, 2.75) is 13.5 Å². The number of halogens is 4. The number of nitrogens with one attached hydrogen (secondary N) is 2. The van der Waals surface area contributed by atoms with Gasteiger partial charge in [0.15, 0.2) is 11.4 Å². The number of aryl methyl sites for hydroxylation is 1. The highest BCUT2D eigenvalue weighted by Gasteiger charge is 2.20.